The summed E-state index contributed by atoms with van der Waals surface area (Å²) in [5, 5.41) is 0. The van der Waals surface area contributed by atoms with Gasteiger partial charge in [-0.2, -0.15) is 0 Å². The molecule has 2 aromatic rings. The number of hydrogen-bond donors (Lipinski definition) is 0. The summed E-state index contributed by atoms with van der Waals surface area (Å²) in [5.74, 6) is 0. The first-order chi connectivity index (χ1) is 8.93. The summed E-state index contributed by atoms with van der Waals surface area (Å²) in [6, 6.07) is 14.8. The van der Waals surface area contributed by atoms with E-state index in [9.17, 15) is 0 Å². The van der Waals surface area contributed by atoms with Crippen LogP contribution in [0.3, 0.4) is 0 Å². The average molecular weight is 236 g/mol. The lowest BCUT2D eigenvalue weighted by molar-refractivity contribution is 0.574. The zero-order valence-electron chi connectivity index (χ0n) is 10.3. The Balaban J connectivity index is 1.85. The Morgan fingerprint density at radius 1 is 1.11 bits per heavy atom. The number of aromatic nitrogens is 1. The third kappa shape index (κ3) is 2.33. The summed E-state index contributed by atoms with van der Waals surface area (Å²) >= 11 is 0. The van der Waals surface area contributed by atoms with E-state index in [0.717, 1.165) is 12.1 Å². The zero-order chi connectivity index (χ0) is 12.2. The first kappa shape index (κ1) is 11.1. The lowest BCUT2D eigenvalue weighted by Crippen LogP contribution is -2.08. The minimum absolute atomic E-state index is 0.303. The van der Waals surface area contributed by atoms with E-state index in [2.05, 4.69) is 29.2 Å². The summed E-state index contributed by atoms with van der Waals surface area (Å²) in [6.45, 7) is 0. The number of rotatable bonds is 2. The molecule has 0 spiro atoms. The van der Waals surface area contributed by atoms with Crippen LogP contribution in [0.15, 0.2) is 53.7 Å². The minimum Gasteiger partial charge on any atom is -0.283 e. The van der Waals surface area contributed by atoms with E-state index in [1.807, 2.05) is 24.4 Å². The standard InChI is InChI=1S/C16H16N2/c1-2-9-15-13(6-1)7-5-10-16(15)18-12-14-8-3-4-11-17-14/h1-4,6,8-9,11-12,16H,5,7,10H2. The van der Waals surface area contributed by atoms with Gasteiger partial charge in [-0.1, -0.05) is 30.3 Å². The first-order valence-electron chi connectivity index (χ1n) is 6.45. The first-order valence-corrected chi connectivity index (χ1v) is 6.45. The van der Waals surface area contributed by atoms with Crippen LogP contribution in [0.2, 0.25) is 0 Å². The molecule has 0 saturated heterocycles. The molecular weight excluding hydrogens is 220 g/mol. The molecule has 2 heteroatoms. The topological polar surface area (TPSA) is 25.2 Å². The molecular formula is C16H16N2. The van der Waals surface area contributed by atoms with Gasteiger partial charge in [0.2, 0.25) is 0 Å². The highest BCUT2D eigenvalue weighted by atomic mass is 14.8. The van der Waals surface area contributed by atoms with Crippen molar-refractivity contribution in [3.05, 3.63) is 65.5 Å². The Morgan fingerprint density at radius 2 is 2.00 bits per heavy atom. The summed E-state index contributed by atoms with van der Waals surface area (Å²) in [6.07, 6.45) is 7.25. The number of aliphatic imine (C=N–C) groups is 1. The fourth-order valence-electron chi connectivity index (χ4n) is 2.50. The van der Waals surface area contributed by atoms with E-state index in [4.69, 9.17) is 4.99 Å². The molecule has 90 valence electrons. The summed E-state index contributed by atoms with van der Waals surface area (Å²) < 4.78 is 0. The number of aryl methyl sites for hydroxylation is 1. The number of benzene rings is 1. The van der Waals surface area contributed by atoms with Crippen molar-refractivity contribution in [2.75, 3.05) is 0 Å². The van der Waals surface area contributed by atoms with Gasteiger partial charge in [0.25, 0.3) is 0 Å². The Bertz CT molecular complexity index is 546. The summed E-state index contributed by atoms with van der Waals surface area (Å²) in [5.41, 5.74) is 3.77. The number of hydrogen-bond acceptors (Lipinski definition) is 2. The molecule has 3 rings (SSSR count). The van der Waals surface area contributed by atoms with Crippen molar-refractivity contribution < 1.29 is 0 Å². The number of nitrogens with zero attached hydrogens (tertiary/aromatic N) is 2. The summed E-state index contributed by atoms with van der Waals surface area (Å²) in [4.78, 5) is 8.98. The van der Waals surface area contributed by atoms with Gasteiger partial charge in [-0.15, -0.1) is 0 Å². The minimum atomic E-state index is 0.303. The molecule has 1 unspecified atom stereocenters. The Kier molecular flexibility index (Phi) is 3.18. The van der Waals surface area contributed by atoms with Gasteiger partial charge in [-0.05, 0) is 42.5 Å². The van der Waals surface area contributed by atoms with Crippen molar-refractivity contribution in [1.29, 1.82) is 0 Å². The third-order valence-electron chi connectivity index (χ3n) is 3.41. The second-order valence-corrected chi connectivity index (χ2v) is 4.64. The fourth-order valence-corrected chi connectivity index (χ4v) is 2.50. The predicted molar refractivity (Wildman–Crippen MR) is 74.0 cm³/mol. The highest BCUT2D eigenvalue weighted by molar-refractivity contribution is 5.77. The second-order valence-electron chi connectivity index (χ2n) is 4.64. The normalized spacial score (nSPS) is 18.8. The van der Waals surface area contributed by atoms with Crippen LogP contribution < -0.4 is 0 Å². The molecule has 0 amide bonds. The average Bonchev–Trinajstić information content (AvgIpc) is 2.46. The van der Waals surface area contributed by atoms with E-state index in [1.165, 1.54) is 24.0 Å². The van der Waals surface area contributed by atoms with Crippen molar-refractivity contribution in [2.24, 2.45) is 4.99 Å². The molecule has 1 aromatic heterocycles. The van der Waals surface area contributed by atoms with Crippen LogP contribution in [0.1, 0.15) is 35.7 Å². The quantitative estimate of drug-likeness (QED) is 0.732. The molecule has 0 radical (unpaired) electrons. The number of pyridine rings is 1. The van der Waals surface area contributed by atoms with Crippen LogP contribution in [0, 0.1) is 0 Å². The molecule has 1 heterocycles. The van der Waals surface area contributed by atoms with Gasteiger partial charge in [0.05, 0.1) is 11.7 Å². The Hall–Kier alpha value is -1.96. The van der Waals surface area contributed by atoms with E-state index in [-0.39, 0.29) is 0 Å². The van der Waals surface area contributed by atoms with Crippen molar-refractivity contribution >= 4 is 6.21 Å². The molecule has 1 aliphatic rings. The van der Waals surface area contributed by atoms with Crippen molar-refractivity contribution in [3.8, 4) is 0 Å². The SMILES string of the molecule is C(=NC1CCCc2ccccc21)c1ccccn1. The van der Waals surface area contributed by atoms with Crippen LogP contribution in [0.4, 0.5) is 0 Å². The van der Waals surface area contributed by atoms with Gasteiger partial charge in [0, 0.05) is 12.4 Å². The molecule has 2 nitrogen and oxygen atoms in total. The van der Waals surface area contributed by atoms with E-state index in [1.54, 1.807) is 6.20 Å². The number of fused-ring (bicyclic) bond motifs is 1. The molecule has 1 aromatic carbocycles. The molecule has 1 atom stereocenters. The van der Waals surface area contributed by atoms with Gasteiger partial charge in [-0.25, -0.2) is 0 Å². The molecule has 0 aliphatic heterocycles. The van der Waals surface area contributed by atoms with E-state index < -0.39 is 0 Å². The van der Waals surface area contributed by atoms with Crippen molar-refractivity contribution in [1.82, 2.24) is 4.98 Å². The molecule has 0 N–H and O–H groups in total. The van der Waals surface area contributed by atoms with E-state index in [0.29, 0.717) is 6.04 Å². The van der Waals surface area contributed by atoms with Gasteiger partial charge < -0.3 is 0 Å². The lowest BCUT2D eigenvalue weighted by Gasteiger charge is -2.22. The monoisotopic (exact) mass is 236 g/mol. The Morgan fingerprint density at radius 3 is 2.89 bits per heavy atom. The van der Waals surface area contributed by atoms with Crippen molar-refractivity contribution in [2.45, 2.75) is 25.3 Å². The summed E-state index contributed by atoms with van der Waals surface area (Å²) in [7, 11) is 0. The van der Waals surface area contributed by atoms with Crippen LogP contribution >= 0.6 is 0 Å². The fraction of sp³-hybridized carbons (Fsp3) is 0.250. The Labute approximate surface area is 107 Å². The van der Waals surface area contributed by atoms with Crippen LogP contribution in [0.5, 0.6) is 0 Å². The van der Waals surface area contributed by atoms with Gasteiger partial charge in [-0.3, -0.25) is 9.98 Å². The van der Waals surface area contributed by atoms with Crippen LogP contribution in [-0.2, 0) is 6.42 Å². The maximum absolute atomic E-state index is 4.71. The molecule has 0 bridgehead atoms. The lowest BCUT2D eigenvalue weighted by atomic mass is 9.88. The van der Waals surface area contributed by atoms with Gasteiger partial charge in [0.1, 0.15) is 0 Å². The van der Waals surface area contributed by atoms with Crippen molar-refractivity contribution in [3.63, 3.8) is 0 Å². The maximum atomic E-state index is 4.71. The molecule has 0 fully saturated rings. The predicted octanol–water partition coefficient (Wildman–Crippen LogP) is 3.58. The molecule has 1 aliphatic carbocycles. The van der Waals surface area contributed by atoms with Crippen LogP contribution in [0.25, 0.3) is 0 Å². The van der Waals surface area contributed by atoms with Gasteiger partial charge in [0.15, 0.2) is 0 Å². The van der Waals surface area contributed by atoms with Gasteiger partial charge >= 0.3 is 0 Å². The third-order valence-corrected chi connectivity index (χ3v) is 3.41. The molecule has 18 heavy (non-hydrogen) atoms. The molecule has 0 saturated carbocycles. The smallest absolute Gasteiger partial charge is 0.0808 e. The zero-order valence-corrected chi connectivity index (χ0v) is 10.3. The highest BCUT2D eigenvalue weighted by Crippen LogP contribution is 2.32. The van der Waals surface area contributed by atoms with Crippen LogP contribution in [-0.4, -0.2) is 11.2 Å². The maximum Gasteiger partial charge on any atom is 0.0808 e. The highest BCUT2D eigenvalue weighted by Gasteiger charge is 2.17. The van der Waals surface area contributed by atoms with E-state index >= 15 is 0 Å². The largest absolute Gasteiger partial charge is 0.283 e. The second kappa shape index (κ2) is 5.13.